The first-order valence-corrected chi connectivity index (χ1v) is 15.0. The van der Waals surface area contributed by atoms with Gasteiger partial charge in [-0.2, -0.15) is 0 Å². The van der Waals surface area contributed by atoms with Crippen LogP contribution in [0.15, 0.2) is 49.1 Å². The van der Waals surface area contributed by atoms with Gasteiger partial charge in [-0.15, -0.1) is 0 Å². The minimum atomic E-state index is 0.180. The zero-order chi connectivity index (χ0) is 26.5. The summed E-state index contributed by atoms with van der Waals surface area (Å²) >= 11 is 0. The molecule has 2 aromatic heterocycles. The third-order valence-electron chi connectivity index (χ3n) is 9.52. The molecule has 1 aliphatic carbocycles. The monoisotopic (exact) mass is 529 g/mol. The zero-order valence-corrected chi connectivity index (χ0v) is 23.2. The lowest BCUT2D eigenvalue weighted by molar-refractivity contribution is 0.0139. The van der Waals surface area contributed by atoms with E-state index in [9.17, 15) is 4.79 Å². The van der Waals surface area contributed by atoms with E-state index in [4.69, 9.17) is 0 Å². The minimum Gasteiger partial charge on any atom is -0.348 e. The van der Waals surface area contributed by atoms with Gasteiger partial charge < -0.3 is 19.8 Å². The standard InChI is InChI=1S/C31H43N7O/c39-30(38-20-12-31(13-21-38)10-18-37(19-11-31)27-4-2-1-3-5-27)26-8-6-25(7-9-26)22-36(23-28-32-14-15-33-28)24-29-34-16-17-35-29/h6-9,14-17,27H,1-5,10-13,18-24H2,(H,32,33)(H,34,35). The van der Waals surface area contributed by atoms with Crippen molar-refractivity contribution in [3.63, 3.8) is 0 Å². The summed E-state index contributed by atoms with van der Waals surface area (Å²) in [4.78, 5) is 35.7. The van der Waals surface area contributed by atoms with Gasteiger partial charge in [0, 0.05) is 56.0 Å². The van der Waals surface area contributed by atoms with E-state index in [1.165, 1.54) is 63.6 Å². The Morgan fingerprint density at radius 3 is 1.97 bits per heavy atom. The van der Waals surface area contributed by atoms with Crippen molar-refractivity contribution in [1.82, 2.24) is 34.6 Å². The molecule has 2 aliphatic heterocycles. The number of nitrogens with one attached hydrogen (secondary N) is 2. The molecule has 1 saturated carbocycles. The van der Waals surface area contributed by atoms with E-state index in [0.717, 1.165) is 55.7 Å². The molecule has 8 nitrogen and oxygen atoms in total. The van der Waals surface area contributed by atoms with Crippen LogP contribution in [0.5, 0.6) is 0 Å². The Kier molecular flexibility index (Phi) is 8.11. The summed E-state index contributed by atoms with van der Waals surface area (Å²) in [7, 11) is 0. The number of hydrogen-bond acceptors (Lipinski definition) is 5. The second-order valence-electron chi connectivity index (χ2n) is 12.0. The van der Waals surface area contributed by atoms with Gasteiger partial charge in [-0.1, -0.05) is 31.4 Å². The summed E-state index contributed by atoms with van der Waals surface area (Å²) in [6.45, 7) is 6.45. The normalized spacial score (nSPS) is 20.6. The molecule has 2 saturated heterocycles. The number of imidazole rings is 2. The predicted octanol–water partition coefficient (Wildman–Crippen LogP) is 4.99. The SMILES string of the molecule is O=C(c1ccc(CN(Cc2ncc[nH]2)Cc2ncc[nH]2)cc1)N1CCC2(CC1)CCN(C1CCCCC1)CC2. The van der Waals surface area contributed by atoms with Crippen LogP contribution in [0.25, 0.3) is 0 Å². The third-order valence-corrected chi connectivity index (χ3v) is 9.52. The number of hydrogen-bond donors (Lipinski definition) is 2. The Morgan fingerprint density at radius 1 is 0.821 bits per heavy atom. The Labute approximate surface area is 232 Å². The van der Waals surface area contributed by atoms with E-state index in [1.807, 2.05) is 24.5 Å². The van der Waals surface area contributed by atoms with Gasteiger partial charge >= 0.3 is 0 Å². The first-order chi connectivity index (χ1) is 19.2. The maximum absolute atomic E-state index is 13.4. The van der Waals surface area contributed by atoms with E-state index in [-0.39, 0.29) is 5.91 Å². The lowest BCUT2D eigenvalue weighted by atomic mass is 9.70. The fourth-order valence-electron chi connectivity index (χ4n) is 7.05. The van der Waals surface area contributed by atoms with Crippen LogP contribution in [0.1, 0.15) is 85.4 Å². The topological polar surface area (TPSA) is 84.1 Å². The molecule has 2 N–H and O–H groups in total. The molecular weight excluding hydrogens is 486 g/mol. The van der Waals surface area contributed by atoms with E-state index >= 15 is 0 Å². The number of likely N-dealkylation sites (tertiary alicyclic amines) is 2. The number of piperidine rings is 2. The van der Waals surface area contributed by atoms with Crippen LogP contribution in [0.2, 0.25) is 0 Å². The fourth-order valence-corrected chi connectivity index (χ4v) is 7.05. The average Bonchev–Trinajstić information content (AvgIpc) is 3.69. The van der Waals surface area contributed by atoms with Crippen LogP contribution in [0, 0.1) is 5.41 Å². The van der Waals surface area contributed by atoms with E-state index < -0.39 is 0 Å². The minimum absolute atomic E-state index is 0.180. The van der Waals surface area contributed by atoms with Crippen LogP contribution >= 0.6 is 0 Å². The second-order valence-corrected chi connectivity index (χ2v) is 12.0. The summed E-state index contributed by atoms with van der Waals surface area (Å²) < 4.78 is 0. The molecule has 1 amide bonds. The van der Waals surface area contributed by atoms with Crippen molar-refractivity contribution in [3.8, 4) is 0 Å². The summed E-state index contributed by atoms with van der Waals surface area (Å²) in [5.41, 5.74) is 2.43. The maximum Gasteiger partial charge on any atom is 0.253 e. The molecule has 0 bridgehead atoms. The predicted molar refractivity (Wildman–Crippen MR) is 152 cm³/mol. The van der Waals surface area contributed by atoms with Crippen molar-refractivity contribution in [3.05, 3.63) is 71.8 Å². The van der Waals surface area contributed by atoms with Gasteiger partial charge in [-0.05, 0) is 74.7 Å². The maximum atomic E-state index is 13.4. The summed E-state index contributed by atoms with van der Waals surface area (Å²) in [5, 5.41) is 0. The smallest absolute Gasteiger partial charge is 0.253 e. The lowest BCUT2D eigenvalue weighted by Gasteiger charge is -2.49. The van der Waals surface area contributed by atoms with Gasteiger partial charge in [0.15, 0.2) is 0 Å². The molecule has 0 atom stereocenters. The van der Waals surface area contributed by atoms with Gasteiger partial charge in [0.25, 0.3) is 5.91 Å². The van der Waals surface area contributed by atoms with Gasteiger partial charge in [-0.25, -0.2) is 9.97 Å². The zero-order valence-electron chi connectivity index (χ0n) is 23.2. The number of aromatic nitrogens is 4. The first-order valence-electron chi connectivity index (χ1n) is 15.0. The fraction of sp³-hybridized carbons (Fsp3) is 0.581. The molecule has 208 valence electrons. The van der Waals surface area contributed by atoms with Crippen LogP contribution in [-0.2, 0) is 19.6 Å². The Hall–Kier alpha value is -2.97. The highest BCUT2D eigenvalue weighted by molar-refractivity contribution is 5.94. The number of benzene rings is 1. The Balaban J connectivity index is 1.01. The molecule has 39 heavy (non-hydrogen) atoms. The van der Waals surface area contributed by atoms with Crippen LogP contribution in [0.4, 0.5) is 0 Å². The van der Waals surface area contributed by atoms with Crippen molar-refractivity contribution in [2.45, 2.75) is 83.5 Å². The largest absolute Gasteiger partial charge is 0.348 e. The Morgan fingerprint density at radius 2 is 1.41 bits per heavy atom. The molecule has 3 aliphatic rings. The second kappa shape index (κ2) is 12.0. The van der Waals surface area contributed by atoms with E-state index in [0.29, 0.717) is 18.5 Å². The molecule has 4 heterocycles. The summed E-state index contributed by atoms with van der Waals surface area (Å²) in [5.74, 6) is 2.03. The number of carbonyl (C=O) groups excluding carboxylic acids is 1. The molecule has 0 radical (unpaired) electrons. The number of H-pyrrole nitrogens is 2. The molecule has 3 aromatic rings. The highest BCUT2D eigenvalue weighted by atomic mass is 16.2. The van der Waals surface area contributed by atoms with Gasteiger partial charge in [0.2, 0.25) is 0 Å². The molecule has 1 spiro atoms. The first kappa shape index (κ1) is 26.3. The molecule has 1 aromatic carbocycles. The van der Waals surface area contributed by atoms with Crippen molar-refractivity contribution in [2.24, 2.45) is 5.41 Å². The number of nitrogens with zero attached hydrogens (tertiary/aromatic N) is 5. The van der Waals surface area contributed by atoms with Gasteiger partial charge in [-0.3, -0.25) is 9.69 Å². The van der Waals surface area contributed by atoms with Gasteiger partial charge in [0.05, 0.1) is 13.1 Å². The number of aromatic amines is 2. The van der Waals surface area contributed by atoms with Gasteiger partial charge in [0.1, 0.15) is 11.6 Å². The van der Waals surface area contributed by atoms with Crippen LogP contribution in [-0.4, -0.2) is 72.8 Å². The average molecular weight is 530 g/mol. The van der Waals surface area contributed by atoms with Crippen LogP contribution < -0.4 is 0 Å². The summed E-state index contributed by atoms with van der Waals surface area (Å²) in [6.07, 6.45) is 19.3. The number of amides is 1. The molecule has 6 rings (SSSR count). The Bertz CT molecular complexity index is 1110. The highest BCUT2D eigenvalue weighted by Gasteiger charge is 2.39. The van der Waals surface area contributed by atoms with Crippen molar-refractivity contribution >= 4 is 5.91 Å². The summed E-state index contributed by atoms with van der Waals surface area (Å²) in [6, 6.07) is 9.03. The van der Waals surface area contributed by atoms with Crippen LogP contribution in [0.3, 0.4) is 0 Å². The highest BCUT2D eigenvalue weighted by Crippen LogP contribution is 2.42. The van der Waals surface area contributed by atoms with Crippen molar-refractivity contribution in [1.29, 1.82) is 0 Å². The quantitative estimate of drug-likeness (QED) is 0.430. The van der Waals surface area contributed by atoms with Crippen molar-refractivity contribution in [2.75, 3.05) is 26.2 Å². The third kappa shape index (κ3) is 6.44. The lowest BCUT2D eigenvalue weighted by Crippen LogP contribution is -2.50. The molecule has 8 heteroatoms. The van der Waals surface area contributed by atoms with Crippen molar-refractivity contribution < 1.29 is 4.79 Å². The van der Waals surface area contributed by atoms with E-state index in [1.54, 1.807) is 12.4 Å². The molecule has 3 fully saturated rings. The molecule has 0 unspecified atom stereocenters. The van der Waals surface area contributed by atoms with E-state index in [2.05, 4.69) is 46.8 Å². The number of carbonyl (C=O) groups is 1. The number of rotatable bonds is 8. The molecular formula is C31H43N7O.